The zero-order chi connectivity index (χ0) is 18.0. The molecule has 2 aromatic rings. The number of aryl methyl sites for hydroxylation is 1. The van der Waals surface area contributed by atoms with E-state index in [0.29, 0.717) is 24.0 Å². The lowest BCUT2D eigenvalue weighted by Gasteiger charge is -2.37. The van der Waals surface area contributed by atoms with Crippen LogP contribution in [-0.4, -0.2) is 33.2 Å². The van der Waals surface area contributed by atoms with Gasteiger partial charge in [-0.25, -0.2) is 9.97 Å². The van der Waals surface area contributed by atoms with Crippen molar-refractivity contribution in [1.29, 1.82) is 0 Å². The van der Waals surface area contributed by atoms with E-state index >= 15 is 0 Å². The Bertz CT molecular complexity index is 777. The van der Waals surface area contributed by atoms with Crippen LogP contribution in [0.3, 0.4) is 0 Å². The fourth-order valence-corrected chi connectivity index (χ4v) is 3.64. The Morgan fingerprint density at radius 2 is 2.16 bits per heavy atom. The fourth-order valence-electron chi connectivity index (χ4n) is 3.04. The Hall–Kier alpha value is -2.48. The number of carbonyl (C=O) groups excluding carboxylic acids is 2. The summed E-state index contributed by atoms with van der Waals surface area (Å²) in [5, 5.41) is 4.56. The Morgan fingerprint density at radius 1 is 1.36 bits per heavy atom. The van der Waals surface area contributed by atoms with Gasteiger partial charge >= 0.3 is 11.8 Å². The zero-order valence-corrected chi connectivity index (χ0v) is 15.0. The highest BCUT2D eigenvalue weighted by Crippen LogP contribution is 2.33. The van der Waals surface area contributed by atoms with Crippen molar-refractivity contribution in [3.05, 3.63) is 34.4 Å². The minimum atomic E-state index is -0.666. The summed E-state index contributed by atoms with van der Waals surface area (Å²) in [5.74, 6) is -0.454. The molecule has 0 aromatic carbocycles. The van der Waals surface area contributed by atoms with Crippen molar-refractivity contribution < 1.29 is 9.59 Å². The molecule has 0 aliphatic carbocycles. The Morgan fingerprint density at radius 3 is 2.84 bits per heavy atom. The van der Waals surface area contributed by atoms with Crippen LogP contribution in [0, 0.1) is 12.8 Å². The molecule has 2 atom stereocenters. The number of nitrogen functional groups attached to an aromatic ring is 1. The highest BCUT2D eigenvalue weighted by molar-refractivity contribution is 7.07. The Kier molecular flexibility index (Phi) is 4.98. The fraction of sp³-hybridized carbons (Fsp3) is 0.412. The van der Waals surface area contributed by atoms with Crippen LogP contribution in [0.2, 0.25) is 0 Å². The van der Waals surface area contributed by atoms with Gasteiger partial charge in [0.2, 0.25) is 0 Å². The van der Waals surface area contributed by atoms with E-state index < -0.39 is 11.8 Å². The lowest BCUT2D eigenvalue weighted by Crippen LogP contribution is -2.46. The first kappa shape index (κ1) is 17.3. The van der Waals surface area contributed by atoms with E-state index in [0.717, 1.165) is 24.1 Å². The first-order valence-corrected chi connectivity index (χ1v) is 9.12. The number of anilines is 2. The number of likely N-dealkylation sites (tertiary alicyclic amines) is 1. The van der Waals surface area contributed by atoms with Gasteiger partial charge in [0.1, 0.15) is 5.82 Å². The molecule has 2 aromatic heterocycles. The average molecular weight is 359 g/mol. The smallest absolute Gasteiger partial charge is 0.313 e. The van der Waals surface area contributed by atoms with Crippen LogP contribution in [0.15, 0.2) is 23.2 Å². The van der Waals surface area contributed by atoms with Crippen LogP contribution in [0.4, 0.5) is 11.5 Å². The Balaban J connectivity index is 1.76. The maximum Gasteiger partial charge on any atom is 0.313 e. The number of nitrogens with zero attached hydrogens (tertiary/aromatic N) is 3. The maximum absolute atomic E-state index is 12.7. The second-order valence-corrected chi connectivity index (χ2v) is 7.17. The topological polar surface area (TPSA) is 101 Å². The normalized spacial score (nSPS) is 20.3. The highest BCUT2D eigenvalue weighted by Gasteiger charge is 2.35. The molecule has 0 spiro atoms. The van der Waals surface area contributed by atoms with Crippen molar-refractivity contribution in [2.45, 2.75) is 32.7 Å². The predicted octanol–water partition coefficient (Wildman–Crippen LogP) is 2.37. The van der Waals surface area contributed by atoms with Gasteiger partial charge in [-0.3, -0.25) is 9.59 Å². The first-order chi connectivity index (χ1) is 12.0. The number of aromatic nitrogens is 2. The molecule has 1 aliphatic heterocycles. The number of amides is 2. The van der Waals surface area contributed by atoms with Crippen LogP contribution < -0.4 is 11.1 Å². The van der Waals surface area contributed by atoms with Crippen molar-refractivity contribution in [3.8, 4) is 0 Å². The number of nitrogens with two attached hydrogens (primary N) is 1. The van der Waals surface area contributed by atoms with Crippen LogP contribution in [0.1, 0.15) is 37.1 Å². The molecule has 7 nitrogen and oxygen atoms in total. The standard InChI is InChI=1S/C17H21N5O2S/c1-10-3-4-14(13-8-25-9-20-13)22(7-10)17(24)16(23)21-12-5-11(2)15(18)19-6-12/h5-6,8-10,14H,3-4,7H2,1-2H3,(H2,18,19)(H,21,23)/t10-,14+/m1/s1. The molecular formula is C17H21N5O2S. The number of rotatable bonds is 2. The summed E-state index contributed by atoms with van der Waals surface area (Å²) in [6, 6.07) is 1.55. The van der Waals surface area contributed by atoms with Crippen molar-refractivity contribution in [2.24, 2.45) is 5.92 Å². The van der Waals surface area contributed by atoms with Gasteiger partial charge in [-0.15, -0.1) is 11.3 Å². The minimum Gasteiger partial charge on any atom is -0.383 e. The molecule has 132 valence electrons. The van der Waals surface area contributed by atoms with Crippen molar-refractivity contribution in [2.75, 3.05) is 17.6 Å². The van der Waals surface area contributed by atoms with Gasteiger partial charge in [-0.05, 0) is 37.3 Å². The largest absolute Gasteiger partial charge is 0.383 e. The third-order valence-electron chi connectivity index (χ3n) is 4.44. The molecule has 3 rings (SSSR count). The van der Waals surface area contributed by atoms with Gasteiger partial charge < -0.3 is 16.0 Å². The molecule has 0 radical (unpaired) electrons. The van der Waals surface area contributed by atoms with Crippen LogP contribution in [0.5, 0.6) is 0 Å². The van der Waals surface area contributed by atoms with E-state index in [1.165, 1.54) is 17.5 Å². The number of hydrogen-bond donors (Lipinski definition) is 2. The number of piperidine rings is 1. The molecule has 1 aliphatic rings. The van der Waals surface area contributed by atoms with Crippen molar-refractivity contribution in [3.63, 3.8) is 0 Å². The van der Waals surface area contributed by atoms with Gasteiger partial charge in [-0.2, -0.15) is 0 Å². The predicted molar refractivity (Wildman–Crippen MR) is 97.0 cm³/mol. The summed E-state index contributed by atoms with van der Waals surface area (Å²) in [7, 11) is 0. The molecule has 0 unspecified atom stereocenters. The number of hydrogen-bond acceptors (Lipinski definition) is 6. The van der Waals surface area contributed by atoms with E-state index in [9.17, 15) is 9.59 Å². The number of carbonyl (C=O) groups is 2. The summed E-state index contributed by atoms with van der Waals surface area (Å²) in [6.07, 6.45) is 3.27. The zero-order valence-electron chi connectivity index (χ0n) is 14.2. The molecule has 1 saturated heterocycles. The molecule has 2 amide bonds. The summed E-state index contributed by atoms with van der Waals surface area (Å²) in [6.45, 7) is 4.43. The minimum absolute atomic E-state index is 0.146. The van der Waals surface area contributed by atoms with Gasteiger partial charge in [0, 0.05) is 11.9 Å². The third-order valence-corrected chi connectivity index (χ3v) is 5.05. The quantitative estimate of drug-likeness (QED) is 0.802. The van der Waals surface area contributed by atoms with E-state index in [1.807, 2.05) is 5.38 Å². The molecule has 8 heteroatoms. The van der Waals surface area contributed by atoms with Gasteiger partial charge in [-0.1, -0.05) is 6.92 Å². The molecule has 3 heterocycles. The van der Waals surface area contributed by atoms with E-state index in [1.54, 1.807) is 23.4 Å². The van der Waals surface area contributed by atoms with Gasteiger partial charge in [0.15, 0.2) is 0 Å². The molecule has 3 N–H and O–H groups in total. The molecule has 25 heavy (non-hydrogen) atoms. The second-order valence-electron chi connectivity index (χ2n) is 6.45. The highest BCUT2D eigenvalue weighted by atomic mass is 32.1. The summed E-state index contributed by atoms with van der Waals surface area (Å²) >= 11 is 1.49. The maximum atomic E-state index is 12.7. The van der Waals surface area contributed by atoms with Gasteiger partial charge in [0.05, 0.1) is 29.1 Å². The lowest BCUT2D eigenvalue weighted by atomic mass is 9.92. The molecular weight excluding hydrogens is 338 g/mol. The molecule has 0 saturated carbocycles. The summed E-state index contributed by atoms with van der Waals surface area (Å²) in [4.78, 5) is 35.2. The lowest BCUT2D eigenvalue weighted by molar-refractivity contribution is -0.146. The molecule has 1 fully saturated rings. The van der Waals surface area contributed by atoms with Gasteiger partial charge in [0.25, 0.3) is 0 Å². The summed E-state index contributed by atoms with van der Waals surface area (Å²) < 4.78 is 0. The first-order valence-electron chi connectivity index (χ1n) is 8.18. The van der Waals surface area contributed by atoms with Crippen LogP contribution in [-0.2, 0) is 9.59 Å². The monoisotopic (exact) mass is 359 g/mol. The van der Waals surface area contributed by atoms with Crippen molar-refractivity contribution >= 4 is 34.7 Å². The van der Waals surface area contributed by atoms with E-state index in [4.69, 9.17) is 5.73 Å². The van der Waals surface area contributed by atoms with Crippen LogP contribution in [0.25, 0.3) is 0 Å². The number of pyridine rings is 1. The third kappa shape index (κ3) is 3.79. The second kappa shape index (κ2) is 7.18. The van der Waals surface area contributed by atoms with Crippen LogP contribution >= 0.6 is 11.3 Å². The Labute approximate surface area is 150 Å². The average Bonchev–Trinajstić information content (AvgIpc) is 3.11. The summed E-state index contributed by atoms with van der Waals surface area (Å²) in [5.41, 5.74) is 9.48. The van der Waals surface area contributed by atoms with Crippen molar-refractivity contribution in [1.82, 2.24) is 14.9 Å². The van der Waals surface area contributed by atoms with E-state index in [-0.39, 0.29) is 6.04 Å². The number of thiazole rings is 1. The van der Waals surface area contributed by atoms with E-state index in [2.05, 4.69) is 22.2 Å². The number of nitrogens with one attached hydrogen (secondary N) is 1. The SMILES string of the molecule is Cc1cc(NC(=O)C(=O)N2C[C@H](C)CC[C@H]2c2cscn2)cnc1N. The molecule has 0 bridgehead atoms.